The predicted molar refractivity (Wildman–Crippen MR) is 75.0 cm³/mol. The van der Waals surface area contributed by atoms with Gasteiger partial charge >= 0.3 is 0 Å². The van der Waals surface area contributed by atoms with Crippen molar-refractivity contribution in [2.24, 2.45) is 0 Å². The van der Waals surface area contributed by atoms with Crippen LogP contribution in [-0.2, 0) is 6.54 Å². The summed E-state index contributed by atoms with van der Waals surface area (Å²) in [7, 11) is 0. The zero-order valence-corrected chi connectivity index (χ0v) is 11.1. The van der Waals surface area contributed by atoms with Crippen molar-refractivity contribution >= 4 is 28.6 Å². The van der Waals surface area contributed by atoms with E-state index in [1.807, 2.05) is 29.7 Å². The molecule has 0 aliphatic rings. The lowest BCUT2D eigenvalue weighted by Crippen LogP contribution is -2.01. The van der Waals surface area contributed by atoms with Gasteiger partial charge in [-0.2, -0.15) is 0 Å². The van der Waals surface area contributed by atoms with Crippen LogP contribution in [0.2, 0.25) is 5.02 Å². The number of aromatic nitrogens is 4. The van der Waals surface area contributed by atoms with Gasteiger partial charge in [0.25, 0.3) is 0 Å². The number of hydrogen-bond donors (Lipinski definition) is 1. The molecule has 0 spiro atoms. The summed E-state index contributed by atoms with van der Waals surface area (Å²) in [6, 6.07) is 5.98. The molecule has 0 fully saturated rings. The zero-order valence-electron chi connectivity index (χ0n) is 10.3. The van der Waals surface area contributed by atoms with Crippen LogP contribution in [-0.4, -0.2) is 19.5 Å². The molecule has 0 atom stereocenters. The minimum absolute atomic E-state index is 0.388. The molecule has 19 heavy (non-hydrogen) atoms. The fourth-order valence-corrected chi connectivity index (χ4v) is 2.27. The Morgan fingerprint density at radius 1 is 1.26 bits per heavy atom. The van der Waals surface area contributed by atoms with Crippen molar-refractivity contribution in [3.05, 3.63) is 47.0 Å². The number of nitrogens with zero attached hydrogens (tertiary/aromatic N) is 4. The molecule has 2 N–H and O–H groups in total. The number of hydrogen-bond acceptors (Lipinski definition) is 4. The van der Waals surface area contributed by atoms with E-state index in [2.05, 4.69) is 15.0 Å². The lowest BCUT2D eigenvalue weighted by Gasteiger charge is -2.07. The van der Waals surface area contributed by atoms with Gasteiger partial charge in [0.1, 0.15) is 11.8 Å². The van der Waals surface area contributed by atoms with E-state index >= 15 is 0 Å². The topological polar surface area (TPSA) is 69.6 Å². The van der Waals surface area contributed by atoms with Crippen LogP contribution in [0.5, 0.6) is 0 Å². The highest BCUT2D eigenvalue weighted by molar-refractivity contribution is 6.31. The Labute approximate surface area is 115 Å². The first-order valence-electron chi connectivity index (χ1n) is 5.81. The maximum atomic E-state index is 6.24. The van der Waals surface area contributed by atoms with Crippen molar-refractivity contribution in [2.45, 2.75) is 13.5 Å². The molecular formula is C13H12ClN5. The average Bonchev–Trinajstić information content (AvgIpc) is 2.78. The molecule has 2 aromatic heterocycles. The Morgan fingerprint density at radius 3 is 2.89 bits per heavy atom. The van der Waals surface area contributed by atoms with E-state index in [4.69, 9.17) is 17.3 Å². The second-order valence-electron chi connectivity index (χ2n) is 4.40. The Bertz CT molecular complexity index is 750. The molecule has 5 nitrogen and oxygen atoms in total. The van der Waals surface area contributed by atoms with Gasteiger partial charge in [0.15, 0.2) is 11.5 Å². The first kappa shape index (κ1) is 11.9. The maximum Gasteiger partial charge on any atom is 0.165 e. The summed E-state index contributed by atoms with van der Waals surface area (Å²) >= 11 is 6.24. The third-order valence-corrected chi connectivity index (χ3v) is 3.33. The van der Waals surface area contributed by atoms with Gasteiger partial charge in [0.05, 0.1) is 12.9 Å². The molecule has 0 aliphatic heterocycles. The molecule has 6 heteroatoms. The van der Waals surface area contributed by atoms with Crippen molar-refractivity contribution in [2.75, 3.05) is 5.73 Å². The van der Waals surface area contributed by atoms with Gasteiger partial charge in [-0.15, -0.1) is 0 Å². The van der Waals surface area contributed by atoms with Crippen LogP contribution in [0.25, 0.3) is 11.2 Å². The van der Waals surface area contributed by atoms with E-state index in [0.29, 0.717) is 23.5 Å². The number of anilines is 1. The summed E-state index contributed by atoms with van der Waals surface area (Å²) in [6.07, 6.45) is 3.14. The summed E-state index contributed by atoms with van der Waals surface area (Å²) in [6.45, 7) is 2.61. The summed E-state index contributed by atoms with van der Waals surface area (Å²) in [5.41, 5.74) is 9.24. The van der Waals surface area contributed by atoms with Gasteiger partial charge in [-0.25, -0.2) is 15.0 Å². The van der Waals surface area contributed by atoms with Crippen molar-refractivity contribution < 1.29 is 0 Å². The van der Waals surface area contributed by atoms with Crippen LogP contribution in [0.3, 0.4) is 0 Å². The minimum Gasteiger partial charge on any atom is -0.382 e. The molecule has 3 rings (SSSR count). The largest absolute Gasteiger partial charge is 0.382 e. The molecule has 0 amide bonds. The molecule has 0 radical (unpaired) electrons. The molecular weight excluding hydrogens is 262 g/mol. The summed E-state index contributed by atoms with van der Waals surface area (Å²) in [5.74, 6) is 0.388. The van der Waals surface area contributed by atoms with Crippen molar-refractivity contribution in [3.8, 4) is 0 Å². The summed E-state index contributed by atoms with van der Waals surface area (Å²) in [4.78, 5) is 12.4. The van der Waals surface area contributed by atoms with E-state index in [1.165, 1.54) is 6.33 Å². The van der Waals surface area contributed by atoms with Gasteiger partial charge in [-0.05, 0) is 24.1 Å². The number of halogens is 1. The number of nitrogen functional groups attached to an aromatic ring is 1. The Hall–Kier alpha value is -2.14. The third kappa shape index (κ3) is 2.13. The smallest absolute Gasteiger partial charge is 0.165 e. The predicted octanol–water partition coefficient (Wildman–Crippen LogP) is 2.42. The average molecular weight is 274 g/mol. The minimum atomic E-state index is 0.388. The molecule has 2 heterocycles. The van der Waals surface area contributed by atoms with E-state index in [9.17, 15) is 0 Å². The molecule has 0 unspecified atom stereocenters. The second kappa shape index (κ2) is 4.51. The summed E-state index contributed by atoms with van der Waals surface area (Å²) < 4.78 is 1.91. The standard InChI is InChI=1S/C13H12ClN5/c1-8-2-3-9(10(14)4-8)5-19-7-18-11-12(15)16-6-17-13(11)19/h2-4,6-7H,5H2,1H3,(H2,15,16,17). The fourth-order valence-electron chi connectivity index (χ4n) is 1.98. The van der Waals surface area contributed by atoms with Crippen LogP contribution in [0.15, 0.2) is 30.9 Å². The number of nitrogens with two attached hydrogens (primary N) is 1. The highest BCUT2D eigenvalue weighted by Gasteiger charge is 2.09. The zero-order chi connectivity index (χ0) is 13.4. The van der Waals surface area contributed by atoms with Crippen LogP contribution >= 0.6 is 11.6 Å². The lowest BCUT2D eigenvalue weighted by atomic mass is 10.1. The van der Waals surface area contributed by atoms with Crippen molar-refractivity contribution in [1.29, 1.82) is 0 Å². The maximum absolute atomic E-state index is 6.24. The van der Waals surface area contributed by atoms with Crippen LogP contribution in [0, 0.1) is 6.92 Å². The molecule has 0 bridgehead atoms. The highest BCUT2D eigenvalue weighted by atomic mass is 35.5. The quantitative estimate of drug-likeness (QED) is 0.778. The number of imidazole rings is 1. The van der Waals surface area contributed by atoms with Crippen molar-refractivity contribution in [1.82, 2.24) is 19.5 Å². The number of fused-ring (bicyclic) bond motifs is 1. The van der Waals surface area contributed by atoms with Gasteiger partial charge in [0, 0.05) is 5.02 Å². The SMILES string of the molecule is Cc1ccc(Cn2cnc3c(N)ncnc32)c(Cl)c1. The summed E-state index contributed by atoms with van der Waals surface area (Å²) in [5, 5.41) is 0.740. The molecule has 0 saturated carbocycles. The van der Waals surface area contributed by atoms with Gasteiger partial charge in [0.2, 0.25) is 0 Å². The molecule has 3 aromatic rings. The Morgan fingerprint density at radius 2 is 2.11 bits per heavy atom. The molecule has 96 valence electrons. The number of benzene rings is 1. The molecule has 1 aromatic carbocycles. The first-order chi connectivity index (χ1) is 9.15. The van der Waals surface area contributed by atoms with Crippen LogP contribution < -0.4 is 5.73 Å². The van der Waals surface area contributed by atoms with E-state index in [1.54, 1.807) is 6.33 Å². The lowest BCUT2D eigenvalue weighted by molar-refractivity contribution is 0.813. The van der Waals surface area contributed by atoms with Crippen molar-refractivity contribution in [3.63, 3.8) is 0 Å². The van der Waals surface area contributed by atoms with Crippen LogP contribution in [0.4, 0.5) is 5.82 Å². The Kier molecular flexibility index (Phi) is 2.83. The molecule has 0 saturated heterocycles. The Balaban J connectivity index is 2.04. The highest BCUT2D eigenvalue weighted by Crippen LogP contribution is 2.21. The monoisotopic (exact) mass is 273 g/mol. The van der Waals surface area contributed by atoms with E-state index < -0.39 is 0 Å². The first-order valence-corrected chi connectivity index (χ1v) is 6.19. The van der Waals surface area contributed by atoms with Crippen LogP contribution in [0.1, 0.15) is 11.1 Å². The normalized spacial score (nSPS) is 11.1. The van der Waals surface area contributed by atoms with E-state index in [-0.39, 0.29) is 0 Å². The third-order valence-electron chi connectivity index (χ3n) is 2.98. The van der Waals surface area contributed by atoms with E-state index in [0.717, 1.165) is 16.1 Å². The van der Waals surface area contributed by atoms with Gasteiger partial charge in [-0.3, -0.25) is 0 Å². The number of aryl methyl sites for hydroxylation is 1. The van der Waals surface area contributed by atoms with Gasteiger partial charge < -0.3 is 10.3 Å². The number of rotatable bonds is 2. The fraction of sp³-hybridized carbons (Fsp3) is 0.154. The van der Waals surface area contributed by atoms with Gasteiger partial charge in [-0.1, -0.05) is 23.7 Å². The second-order valence-corrected chi connectivity index (χ2v) is 4.81. The molecule has 0 aliphatic carbocycles.